The molecule has 3 aliphatic heterocycles. The minimum atomic E-state index is -0.125. The van der Waals surface area contributed by atoms with E-state index < -0.39 is 0 Å². The van der Waals surface area contributed by atoms with Gasteiger partial charge in [0.25, 0.3) is 5.91 Å². The molecule has 6 heteroatoms. The van der Waals surface area contributed by atoms with Gasteiger partial charge in [-0.2, -0.15) is 5.10 Å². The Bertz CT molecular complexity index is 581. The van der Waals surface area contributed by atoms with Crippen LogP contribution in [-0.2, 0) is 11.8 Å². The van der Waals surface area contributed by atoms with E-state index in [0.717, 1.165) is 39.0 Å². The molecule has 1 aromatic heterocycles. The number of nitrogens with zero attached hydrogens (tertiary/aromatic N) is 4. The average Bonchev–Trinajstić information content (AvgIpc) is 3.28. The molecule has 1 spiro atoms. The zero-order valence-corrected chi connectivity index (χ0v) is 13.9. The first-order chi connectivity index (χ1) is 11.2. The highest BCUT2D eigenvalue weighted by Crippen LogP contribution is 2.37. The zero-order chi connectivity index (χ0) is 15.9. The summed E-state index contributed by atoms with van der Waals surface area (Å²) in [7, 11) is 1.82. The van der Waals surface area contributed by atoms with Gasteiger partial charge < -0.3 is 14.5 Å². The summed E-state index contributed by atoms with van der Waals surface area (Å²) in [4.78, 5) is 17.3. The Hall–Kier alpha value is -1.40. The maximum Gasteiger partial charge on any atom is 0.272 e. The Morgan fingerprint density at radius 3 is 2.91 bits per heavy atom. The largest absolute Gasteiger partial charge is 0.373 e. The van der Waals surface area contributed by atoms with Gasteiger partial charge in [0.15, 0.2) is 0 Å². The van der Waals surface area contributed by atoms with Crippen LogP contribution in [0.15, 0.2) is 12.3 Å². The number of carbonyl (C=O) groups excluding carboxylic acids is 1. The zero-order valence-electron chi connectivity index (χ0n) is 13.9. The van der Waals surface area contributed by atoms with Crippen molar-refractivity contribution in [3.05, 3.63) is 18.0 Å². The van der Waals surface area contributed by atoms with Crippen molar-refractivity contribution in [2.24, 2.45) is 7.05 Å². The minimum Gasteiger partial charge on any atom is -0.373 e. The van der Waals surface area contributed by atoms with Crippen molar-refractivity contribution in [1.82, 2.24) is 19.6 Å². The normalized spacial score (nSPS) is 32.0. The van der Waals surface area contributed by atoms with Crippen LogP contribution >= 0.6 is 0 Å². The van der Waals surface area contributed by atoms with Crippen LogP contribution in [0.5, 0.6) is 0 Å². The molecule has 6 nitrogen and oxygen atoms in total. The molecule has 3 saturated heterocycles. The summed E-state index contributed by atoms with van der Waals surface area (Å²) in [6.07, 6.45) is 7.50. The van der Waals surface area contributed by atoms with Crippen molar-refractivity contribution in [1.29, 1.82) is 0 Å². The number of ether oxygens (including phenoxy) is 1. The van der Waals surface area contributed by atoms with Crippen LogP contribution in [0.1, 0.15) is 42.6 Å². The molecule has 2 atom stereocenters. The van der Waals surface area contributed by atoms with Crippen molar-refractivity contribution in [3.8, 4) is 0 Å². The van der Waals surface area contributed by atoms with E-state index in [4.69, 9.17) is 4.74 Å². The summed E-state index contributed by atoms with van der Waals surface area (Å²) in [5.41, 5.74) is 0.536. The van der Waals surface area contributed by atoms with Gasteiger partial charge in [-0.25, -0.2) is 0 Å². The predicted octanol–water partition coefficient (Wildman–Crippen LogP) is 1.28. The van der Waals surface area contributed by atoms with Crippen molar-refractivity contribution in [2.75, 3.05) is 32.8 Å². The van der Waals surface area contributed by atoms with Gasteiger partial charge in [0.2, 0.25) is 0 Å². The fraction of sp³-hybridized carbons (Fsp3) is 0.765. The quantitative estimate of drug-likeness (QED) is 0.824. The van der Waals surface area contributed by atoms with Crippen LogP contribution in [-0.4, -0.2) is 69.9 Å². The summed E-state index contributed by atoms with van der Waals surface area (Å²) in [5.74, 6) is 0.0776. The number of amides is 1. The lowest BCUT2D eigenvalue weighted by atomic mass is 9.89. The molecule has 0 saturated carbocycles. The van der Waals surface area contributed by atoms with E-state index in [1.165, 1.54) is 25.9 Å². The molecule has 3 aliphatic rings. The third-order valence-electron chi connectivity index (χ3n) is 5.77. The monoisotopic (exact) mass is 318 g/mol. The fourth-order valence-corrected chi connectivity index (χ4v) is 4.47. The molecule has 4 rings (SSSR count). The van der Waals surface area contributed by atoms with Gasteiger partial charge in [-0.15, -0.1) is 0 Å². The lowest BCUT2D eigenvalue weighted by molar-refractivity contribution is -0.0946. The van der Waals surface area contributed by atoms with Crippen LogP contribution in [0.3, 0.4) is 0 Å². The number of aryl methyl sites for hydroxylation is 1. The summed E-state index contributed by atoms with van der Waals surface area (Å²) < 4.78 is 7.86. The van der Waals surface area contributed by atoms with Gasteiger partial charge in [-0.1, -0.05) is 0 Å². The molecule has 0 N–H and O–H groups in total. The van der Waals surface area contributed by atoms with E-state index in [9.17, 15) is 4.79 Å². The van der Waals surface area contributed by atoms with E-state index in [1.807, 2.05) is 11.9 Å². The summed E-state index contributed by atoms with van der Waals surface area (Å²) in [6.45, 7) is 4.81. The molecule has 0 bridgehead atoms. The Morgan fingerprint density at radius 2 is 2.17 bits per heavy atom. The Kier molecular flexibility index (Phi) is 3.89. The van der Waals surface area contributed by atoms with Crippen molar-refractivity contribution in [2.45, 2.75) is 43.7 Å². The number of rotatable bonds is 2. The van der Waals surface area contributed by atoms with E-state index >= 15 is 0 Å². The number of likely N-dealkylation sites (tertiary alicyclic amines) is 2. The second kappa shape index (κ2) is 5.91. The number of hydrogen-bond donors (Lipinski definition) is 0. The first-order valence-corrected chi connectivity index (χ1v) is 8.82. The summed E-state index contributed by atoms with van der Waals surface area (Å²) >= 11 is 0. The van der Waals surface area contributed by atoms with Crippen LogP contribution in [0, 0.1) is 0 Å². The molecule has 0 aromatic carbocycles. The topological polar surface area (TPSA) is 50.6 Å². The highest BCUT2D eigenvalue weighted by atomic mass is 16.5. The summed E-state index contributed by atoms with van der Waals surface area (Å²) in [5, 5.41) is 4.11. The van der Waals surface area contributed by atoms with Gasteiger partial charge >= 0.3 is 0 Å². The van der Waals surface area contributed by atoms with Crippen molar-refractivity contribution in [3.63, 3.8) is 0 Å². The third kappa shape index (κ3) is 2.78. The molecule has 4 heterocycles. The Balaban J connectivity index is 1.44. The van der Waals surface area contributed by atoms with E-state index in [0.29, 0.717) is 11.7 Å². The van der Waals surface area contributed by atoms with Crippen LogP contribution in [0.25, 0.3) is 0 Å². The molecule has 0 unspecified atom stereocenters. The molecule has 1 aromatic rings. The molecular formula is C17H26N4O2. The van der Waals surface area contributed by atoms with Gasteiger partial charge in [0.1, 0.15) is 5.69 Å². The molecule has 3 fully saturated rings. The smallest absolute Gasteiger partial charge is 0.272 e. The molecule has 0 aliphatic carbocycles. The first kappa shape index (κ1) is 15.1. The van der Waals surface area contributed by atoms with Crippen molar-refractivity contribution >= 4 is 5.91 Å². The molecule has 1 amide bonds. The molecule has 23 heavy (non-hydrogen) atoms. The Labute approximate surface area is 137 Å². The van der Waals surface area contributed by atoms with Crippen LogP contribution in [0.2, 0.25) is 0 Å². The number of carbonyl (C=O) groups is 1. The SMILES string of the molecule is Cn1nccc1C(=O)N1CC[C@@]2(C[C@@H](N3CCCC3)CCO2)C1. The highest BCUT2D eigenvalue weighted by Gasteiger charge is 2.46. The predicted molar refractivity (Wildman–Crippen MR) is 86.2 cm³/mol. The minimum absolute atomic E-state index is 0.0776. The Morgan fingerprint density at radius 1 is 1.35 bits per heavy atom. The van der Waals surface area contributed by atoms with Gasteiger partial charge in [-0.05, 0) is 51.3 Å². The van der Waals surface area contributed by atoms with Gasteiger partial charge in [0, 0.05) is 32.4 Å². The maximum absolute atomic E-state index is 12.7. The second-order valence-electron chi connectivity index (χ2n) is 7.24. The lowest BCUT2D eigenvalue weighted by Gasteiger charge is -2.41. The second-order valence-corrected chi connectivity index (χ2v) is 7.24. The van der Waals surface area contributed by atoms with Crippen LogP contribution in [0.4, 0.5) is 0 Å². The lowest BCUT2D eigenvalue weighted by Crippen LogP contribution is -2.49. The standard InChI is InChI=1S/C17H26N4O2/c1-19-15(4-7-18-19)16(22)21-10-6-17(13-21)12-14(5-11-23-17)20-8-2-3-9-20/h4,7,14H,2-3,5-6,8-13H2,1H3/t14-,17+/m0/s1. The number of aromatic nitrogens is 2. The first-order valence-electron chi connectivity index (χ1n) is 8.82. The van der Waals surface area contributed by atoms with Crippen molar-refractivity contribution < 1.29 is 9.53 Å². The highest BCUT2D eigenvalue weighted by molar-refractivity contribution is 5.92. The van der Waals surface area contributed by atoms with E-state index in [2.05, 4.69) is 10.00 Å². The number of hydrogen-bond acceptors (Lipinski definition) is 4. The molecular weight excluding hydrogens is 292 g/mol. The third-order valence-corrected chi connectivity index (χ3v) is 5.77. The average molecular weight is 318 g/mol. The van der Waals surface area contributed by atoms with E-state index in [1.54, 1.807) is 16.9 Å². The van der Waals surface area contributed by atoms with Crippen LogP contribution < -0.4 is 0 Å². The maximum atomic E-state index is 12.7. The molecule has 126 valence electrons. The van der Waals surface area contributed by atoms with Gasteiger partial charge in [-0.3, -0.25) is 9.48 Å². The fourth-order valence-electron chi connectivity index (χ4n) is 4.47. The summed E-state index contributed by atoms with van der Waals surface area (Å²) in [6, 6.07) is 2.43. The molecule has 0 radical (unpaired) electrons. The van der Waals surface area contributed by atoms with E-state index in [-0.39, 0.29) is 11.5 Å². The van der Waals surface area contributed by atoms with Gasteiger partial charge in [0.05, 0.1) is 12.1 Å².